The number of aromatic hydroxyl groups is 1. The molecule has 2 aliphatic rings. The van der Waals surface area contributed by atoms with Gasteiger partial charge in [-0.25, -0.2) is 13.4 Å². The van der Waals surface area contributed by atoms with Crippen molar-refractivity contribution in [2.45, 2.75) is 37.8 Å². The van der Waals surface area contributed by atoms with E-state index in [1.54, 1.807) is 4.72 Å². The van der Waals surface area contributed by atoms with E-state index in [2.05, 4.69) is 5.32 Å². The lowest BCUT2D eigenvalue weighted by atomic mass is 9.91. The van der Waals surface area contributed by atoms with Crippen molar-refractivity contribution in [1.82, 2.24) is 10.0 Å². The van der Waals surface area contributed by atoms with Crippen molar-refractivity contribution in [2.75, 3.05) is 10.8 Å². The van der Waals surface area contributed by atoms with E-state index in [-0.39, 0.29) is 17.6 Å². The molecule has 0 spiro atoms. The van der Waals surface area contributed by atoms with E-state index < -0.39 is 45.8 Å². The molecule has 0 atom stereocenters. The average Bonchev–Trinajstić information content (AvgIpc) is 2.81. The summed E-state index contributed by atoms with van der Waals surface area (Å²) in [5.41, 5.74) is 4.99. The van der Waals surface area contributed by atoms with Gasteiger partial charge in [0.15, 0.2) is 5.82 Å². The zero-order valence-electron chi connectivity index (χ0n) is 13.7. The van der Waals surface area contributed by atoms with Crippen molar-refractivity contribution in [3.05, 3.63) is 23.5 Å². The number of phenolic OH excluding ortho intramolecular Hbond substituents is 1. The fourth-order valence-electron chi connectivity index (χ4n) is 3.14. The first kappa shape index (κ1) is 18.4. The molecule has 1 saturated carbocycles. The third-order valence-corrected chi connectivity index (χ3v) is 5.86. The Morgan fingerprint density at radius 2 is 1.96 bits per heavy atom. The van der Waals surface area contributed by atoms with Gasteiger partial charge in [-0.3, -0.25) is 9.59 Å². The van der Waals surface area contributed by atoms with Gasteiger partial charge in [0.2, 0.25) is 0 Å². The molecular weight excluding hydrogens is 367 g/mol. The lowest BCUT2D eigenvalue weighted by molar-refractivity contribution is -0.117. The smallest absolute Gasteiger partial charge is 0.326 e. The van der Waals surface area contributed by atoms with E-state index in [4.69, 9.17) is 5.73 Å². The standard InChI is InChI=1S/C15H19FN4O5S/c16-11-5-8(15(23)18-10-3-1-9(17)2-4-10)6-12(21)14(11)20-7-13(22)19-26(20,24)25/h5-6,9-10,21H,1-4,7,17H2,(H,18,23)(H,19,22). The van der Waals surface area contributed by atoms with Gasteiger partial charge in [-0.2, -0.15) is 8.42 Å². The van der Waals surface area contributed by atoms with Crippen LogP contribution < -0.4 is 20.1 Å². The second-order valence-electron chi connectivity index (χ2n) is 6.45. The molecule has 9 nitrogen and oxygen atoms in total. The maximum Gasteiger partial charge on any atom is 0.326 e. The van der Waals surface area contributed by atoms with Gasteiger partial charge in [0, 0.05) is 17.6 Å². The van der Waals surface area contributed by atoms with Gasteiger partial charge in [-0.05, 0) is 37.8 Å². The number of amides is 2. The molecule has 11 heteroatoms. The fraction of sp³-hybridized carbons (Fsp3) is 0.467. The molecule has 1 aliphatic carbocycles. The number of nitrogens with one attached hydrogen (secondary N) is 2. The Labute approximate surface area is 149 Å². The van der Waals surface area contributed by atoms with Gasteiger partial charge in [-0.1, -0.05) is 0 Å². The van der Waals surface area contributed by atoms with Gasteiger partial charge in [-0.15, -0.1) is 0 Å². The Morgan fingerprint density at radius 3 is 2.50 bits per heavy atom. The van der Waals surface area contributed by atoms with E-state index >= 15 is 0 Å². The molecule has 0 radical (unpaired) electrons. The summed E-state index contributed by atoms with van der Waals surface area (Å²) in [7, 11) is -4.27. The van der Waals surface area contributed by atoms with Crippen molar-refractivity contribution in [1.29, 1.82) is 0 Å². The average molecular weight is 386 g/mol. The molecule has 5 N–H and O–H groups in total. The van der Waals surface area contributed by atoms with Gasteiger partial charge in [0.1, 0.15) is 18.0 Å². The third-order valence-electron chi connectivity index (χ3n) is 4.48. The van der Waals surface area contributed by atoms with Crippen LogP contribution in [0.15, 0.2) is 12.1 Å². The number of hydrogen-bond acceptors (Lipinski definition) is 6. The second-order valence-corrected chi connectivity index (χ2v) is 8.04. The molecule has 1 heterocycles. The number of nitrogens with zero attached hydrogens (tertiary/aromatic N) is 1. The van der Waals surface area contributed by atoms with Gasteiger partial charge >= 0.3 is 10.2 Å². The highest BCUT2D eigenvalue weighted by Gasteiger charge is 2.37. The van der Waals surface area contributed by atoms with Crippen LogP contribution in [0, 0.1) is 5.82 Å². The van der Waals surface area contributed by atoms with Crippen LogP contribution >= 0.6 is 0 Å². The van der Waals surface area contributed by atoms with Crippen LogP contribution in [0.5, 0.6) is 5.75 Å². The number of anilines is 1. The van der Waals surface area contributed by atoms with Crippen LogP contribution in [0.4, 0.5) is 10.1 Å². The minimum Gasteiger partial charge on any atom is -0.506 e. The van der Waals surface area contributed by atoms with E-state index in [0.29, 0.717) is 17.1 Å². The lowest BCUT2D eigenvalue weighted by Gasteiger charge is -2.27. The molecule has 0 unspecified atom stereocenters. The molecular formula is C15H19FN4O5S. The van der Waals surface area contributed by atoms with E-state index in [0.717, 1.165) is 25.0 Å². The Hall–Kier alpha value is -2.40. The van der Waals surface area contributed by atoms with Crippen LogP contribution in [-0.2, 0) is 15.0 Å². The van der Waals surface area contributed by atoms with Crippen LogP contribution in [0.1, 0.15) is 36.0 Å². The van der Waals surface area contributed by atoms with Gasteiger partial charge in [0.05, 0.1) is 0 Å². The summed E-state index contributed by atoms with van der Waals surface area (Å²) in [6, 6.07) is 1.83. The Balaban J connectivity index is 1.81. The highest BCUT2D eigenvalue weighted by atomic mass is 32.2. The molecule has 26 heavy (non-hydrogen) atoms. The first-order valence-electron chi connectivity index (χ1n) is 8.09. The summed E-state index contributed by atoms with van der Waals surface area (Å²) >= 11 is 0. The quantitative estimate of drug-likeness (QED) is 0.562. The lowest BCUT2D eigenvalue weighted by Crippen LogP contribution is -2.40. The predicted molar refractivity (Wildman–Crippen MR) is 90.2 cm³/mol. The maximum atomic E-state index is 14.4. The monoisotopic (exact) mass is 386 g/mol. The Bertz CT molecular complexity index is 829. The van der Waals surface area contributed by atoms with Crippen molar-refractivity contribution in [3.63, 3.8) is 0 Å². The number of carbonyl (C=O) groups excluding carboxylic acids is 2. The van der Waals surface area contributed by atoms with Gasteiger partial charge in [0.25, 0.3) is 11.8 Å². The Morgan fingerprint density at radius 1 is 1.31 bits per heavy atom. The summed E-state index contributed by atoms with van der Waals surface area (Å²) in [5.74, 6) is -3.30. The molecule has 1 aliphatic heterocycles. The van der Waals surface area contributed by atoms with Crippen molar-refractivity contribution in [2.24, 2.45) is 5.73 Å². The SMILES string of the molecule is NC1CCC(NC(=O)c2cc(O)c(N3CC(=O)NS3(=O)=O)c(F)c2)CC1. The number of nitrogens with two attached hydrogens (primary N) is 1. The second kappa shape index (κ2) is 6.72. The third kappa shape index (κ3) is 3.58. The van der Waals surface area contributed by atoms with E-state index in [1.165, 1.54) is 0 Å². The van der Waals surface area contributed by atoms with Gasteiger partial charge < -0.3 is 16.2 Å². The van der Waals surface area contributed by atoms with Crippen LogP contribution in [-0.4, -0.2) is 44.0 Å². The van der Waals surface area contributed by atoms with E-state index in [1.807, 2.05) is 0 Å². The molecule has 2 amide bonds. The Kier molecular flexibility index (Phi) is 4.76. The largest absolute Gasteiger partial charge is 0.506 e. The van der Waals surface area contributed by atoms with Crippen LogP contribution in [0.25, 0.3) is 0 Å². The molecule has 1 aromatic carbocycles. The zero-order chi connectivity index (χ0) is 19.1. The number of hydrogen-bond donors (Lipinski definition) is 4. The topological polar surface area (TPSA) is 142 Å². The summed E-state index contributed by atoms with van der Waals surface area (Å²) in [6.45, 7) is -0.652. The molecule has 1 saturated heterocycles. The number of benzene rings is 1. The van der Waals surface area contributed by atoms with Crippen molar-refractivity contribution >= 4 is 27.7 Å². The number of rotatable bonds is 3. The highest BCUT2D eigenvalue weighted by Crippen LogP contribution is 2.34. The van der Waals surface area contributed by atoms with Crippen LogP contribution in [0.2, 0.25) is 0 Å². The molecule has 1 aromatic rings. The molecule has 0 bridgehead atoms. The number of phenols is 1. The zero-order valence-corrected chi connectivity index (χ0v) is 14.6. The van der Waals surface area contributed by atoms with E-state index in [9.17, 15) is 27.5 Å². The molecule has 2 fully saturated rings. The summed E-state index contributed by atoms with van der Waals surface area (Å²) in [4.78, 5) is 23.6. The maximum absolute atomic E-state index is 14.4. The van der Waals surface area contributed by atoms with Crippen LogP contribution in [0.3, 0.4) is 0 Å². The fourth-order valence-corrected chi connectivity index (χ4v) is 4.31. The summed E-state index contributed by atoms with van der Waals surface area (Å²) in [6.07, 6.45) is 2.97. The number of carbonyl (C=O) groups is 2. The first-order valence-corrected chi connectivity index (χ1v) is 9.53. The number of halogens is 1. The molecule has 0 aromatic heterocycles. The minimum absolute atomic E-state index is 0.0899. The summed E-state index contributed by atoms with van der Waals surface area (Å²) in [5, 5.41) is 12.8. The van der Waals surface area contributed by atoms with Crippen molar-refractivity contribution in [3.8, 4) is 5.75 Å². The normalized spacial score (nSPS) is 25.0. The van der Waals surface area contributed by atoms with Crippen molar-refractivity contribution < 1.29 is 27.5 Å². The highest BCUT2D eigenvalue weighted by molar-refractivity contribution is 7.92. The predicted octanol–water partition coefficient (Wildman–Crippen LogP) is -0.288. The first-order chi connectivity index (χ1) is 12.2. The minimum atomic E-state index is -4.27. The summed E-state index contributed by atoms with van der Waals surface area (Å²) < 4.78 is 40.1. The molecule has 142 valence electrons. The molecule has 3 rings (SSSR count).